The van der Waals surface area contributed by atoms with E-state index in [-0.39, 0.29) is 12.5 Å². The van der Waals surface area contributed by atoms with Crippen molar-refractivity contribution < 1.29 is 39.8 Å². The van der Waals surface area contributed by atoms with Crippen LogP contribution in [0.15, 0.2) is 109 Å². The Morgan fingerprint density at radius 2 is 0.955 bits per heavy atom. The van der Waals surface area contributed by atoms with Crippen molar-refractivity contribution in [2.75, 3.05) is 13.2 Å². The normalized spacial score (nSPS) is 20.7. The summed E-state index contributed by atoms with van der Waals surface area (Å²) >= 11 is 0. The number of amides is 1. The van der Waals surface area contributed by atoms with E-state index in [9.17, 15) is 30.3 Å². The van der Waals surface area contributed by atoms with E-state index >= 15 is 0 Å². The van der Waals surface area contributed by atoms with Crippen LogP contribution in [0.4, 0.5) is 0 Å². The summed E-state index contributed by atoms with van der Waals surface area (Å²) in [7, 11) is 0. The number of carbonyl (C=O) groups is 1. The van der Waals surface area contributed by atoms with Crippen molar-refractivity contribution in [1.82, 2.24) is 5.32 Å². The fraction of sp³-hybridized carbons (Fsp3) is 0.667. The second-order valence-corrected chi connectivity index (χ2v) is 17.6. The third kappa shape index (κ3) is 35.1. The van der Waals surface area contributed by atoms with Crippen LogP contribution in [-0.2, 0) is 14.3 Å². The topological polar surface area (TPSA) is 149 Å². The van der Waals surface area contributed by atoms with Crippen LogP contribution in [-0.4, -0.2) is 87.5 Å². The summed E-state index contributed by atoms with van der Waals surface area (Å²) in [6.07, 6.45) is 59.9. The monoisotopic (exact) mass is 922 g/mol. The van der Waals surface area contributed by atoms with Gasteiger partial charge in [-0.05, 0) is 96.3 Å². The first-order chi connectivity index (χ1) is 32.3. The molecular weight excluding hydrogens is 827 g/mol. The number of carbonyl (C=O) groups excluding carboxylic acids is 1. The van der Waals surface area contributed by atoms with E-state index in [0.29, 0.717) is 6.42 Å². The van der Waals surface area contributed by atoms with Crippen molar-refractivity contribution in [2.45, 2.75) is 230 Å². The zero-order valence-corrected chi connectivity index (χ0v) is 41.4. The zero-order valence-electron chi connectivity index (χ0n) is 41.4. The average Bonchev–Trinajstić information content (AvgIpc) is 3.32. The van der Waals surface area contributed by atoms with Gasteiger partial charge in [-0.1, -0.05) is 194 Å². The molecule has 7 atom stereocenters. The molecule has 1 aliphatic rings. The van der Waals surface area contributed by atoms with Crippen molar-refractivity contribution in [1.29, 1.82) is 0 Å². The number of allylic oxidation sites excluding steroid dienone is 17. The lowest BCUT2D eigenvalue weighted by molar-refractivity contribution is -0.302. The molecular formula is C57H95NO8. The Bertz CT molecular complexity index is 1390. The van der Waals surface area contributed by atoms with Gasteiger partial charge in [0.25, 0.3) is 0 Å². The number of hydrogen-bond donors (Lipinski definition) is 6. The lowest BCUT2D eigenvalue weighted by Gasteiger charge is -2.40. The van der Waals surface area contributed by atoms with Gasteiger partial charge >= 0.3 is 0 Å². The molecule has 1 aliphatic heterocycles. The second kappa shape index (κ2) is 45.6. The van der Waals surface area contributed by atoms with E-state index in [2.05, 4.69) is 116 Å². The molecule has 0 saturated carbocycles. The van der Waals surface area contributed by atoms with Gasteiger partial charge in [0.15, 0.2) is 6.29 Å². The minimum absolute atomic E-state index is 0.211. The van der Waals surface area contributed by atoms with Crippen LogP contribution in [0.25, 0.3) is 0 Å². The van der Waals surface area contributed by atoms with Crippen molar-refractivity contribution in [3.05, 3.63) is 109 Å². The molecule has 7 unspecified atom stereocenters. The van der Waals surface area contributed by atoms with E-state index < -0.39 is 49.5 Å². The van der Waals surface area contributed by atoms with E-state index in [1.807, 2.05) is 6.08 Å². The van der Waals surface area contributed by atoms with Gasteiger partial charge in [0.05, 0.1) is 25.4 Å². The first kappa shape index (κ1) is 60.9. The first-order valence-corrected chi connectivity index (χ1v) is 26.1. The Hall–Kier alpha value is -3.15. The lowest BCUT2D eigenvalue weighted by Crippen LogP contribution is -2.60. The first-order valence-electron chi connectivity index (χ1n) is 26.1. The van der Waals surface area contributed by atoms with Crippen LogP contribution in [0.1, 0.15) is 187 Å². The van der Waals surface area contributed by atoms with Gasteiger partial charge in [-0.3, -0.25) is 4.79 Å². The lowest BCUT2D eigenvalue weighted by atomic mass is 9.99. The van der Waals surface area contributed by atoms with E-state index in [0.717, 1.165) is 116 Å². The summed E-state index contributed by atoms with van der Waals surface area (Å²) in [5, 5.41) is 54.3. The molecule has 9 nitrogen and oxygen atoms in total. The fourth-order valence-electron chi connectivity index (χ4n) is 7.42. The summed E-state index contributed by atoms with van der Waals surface area (Å²) in [5.41, 5.74) is 0. The third-order valence-corrected chi connectivity index (χ3v) is 11.6. The van der Waals surface area contributed by atoms with E-state index in [1.54, 1.807) is 6.08 Å². The Kier molecular flexibility index (Phi) is 42.1. The van der Waals surface area contributed by atoms with Crippen molar-refractivity contribution in [3.8, 4) is 0 Å². The van der Waals surface area contributed by atoms with E-state index in [1.165, 1.54) is 51.4 Å². The van der Waals surface area contributed by atoms with Gasteiger partial charge in [0.1, 0.15) is 24.4 Å². The van der Waals surface area contributed by atoms with Crippen LogP contribution >= 0.6 is 0 Å². The molecule has 0 spiro atoms. The number of rotatable bonds is 42. The maximum atomic E-state index is 13.0. The molecule has 0 radical (unpaired) electrons. The minimum Gasteiger partial charge on any atom is -0.394 e. The maximum Gasteiger partial charge on any atom is 0.220 e. The Morgan fingerprint density at radius 1 is 0.530 bits per heavy atom. The highest BCUT2D eigenvalue weighted by Crippen LogP contribution is 2.22. The van der Waals surface area contributed by atoms with Gasteiger partial charge in [-0.15, -0.1) is 0 Å². The zero-order chi connectivity index (χ0) is 48.0. The fourth-order valence-corrected chi connectivity index (χ4v) is 7.42. The smallest absolute Gasteiger partial charge is 0.220 e. The van der Waals surface area contributed by atoms with Gasteiger partial charge in [0.2, 0.25) is 5.91 Å². The van der Waals surface area contributed by atoms with Crippen LogP contribution < -0.4 is 5.32 Å². The number of aliphatic hydroxyl groups excluding tert-OH is 5. The number of ether oxygens (including phenoxy) is 2. The standard InChI is InChI=1S/C57H95NO8/c1-3-5-7-9-11-13-15-17-19-21-23-24-25-26-27-28-29-31-33-35-37-39-41-43-45-47-53(61)58-50(49-65-57-56(64)55(63)54(62)52(48-59)66-57)51(60)46-44-42-40-38-36-34-32-30-22-20-18-16-14-12-10-8-6-4-2/h5,7,11,13,17,19,22-24,26-27,29-31,36,38,44,46,50-52,54-57,59-60,62-64H,3-4,6,8-10,12,14-16,18,20-21,25,28,32-35,37,39-43,45,47-49H2,1-2H3,(H,58,61)/b7-5-,13-11-,19-17-,24-23-,27-26-,30-22+,31-29-,38-36+,46-44+. The SMILES string of the molecule is CC/C=C\C/C=C\C/C=C\C/C=C\C/C=C\C/C=C\CCCCCCCCC(=O)NC(COC1OC(CO)C(O)C(O)C1O)C(O)/C=C/CC/C=C/CC/C=C/CCCCCCCCCC. The molecule has 0 aromatic carbocycles. The molecule has 6 N–H and O–H groups in total. The second-order valence-electron chi connectivity index (χ2n) is 17.6. The van der Waals surface area contributed by atoms with Crippen LogP contribution in [0.3, 0.4) is 0 Å². The molecule has 1 rings (SSSR count). The van der Waals surface area contributed by atoms with Crippen molar-refractivity contribution in [3.63, 3.8) is 0 Å². The number of nitrogens with one attached hydrogen (secondary N) is 1. The van der Waals surface area contributed by atoms with Crippen LogP contribution in [0, 0.1) is 0 Å². The van der Waals surface area contributed by atoms with Gasteiger partial charge in [0, 0.05) is 6.42 Å². The van der Waals surface area contributed by atoms with Crippen LogP contribution in [0.5, 0.6) is 0 Å². The van der Waals surface area contributed by atoms with E-state index in [4.69, 9.17) is 9.47 Å². The molecule has 1 saturated heterocycles. The highest BCUT2D eigenvalue weighted by Gasteiger charge is 2.44. The van der Waals surface area contributed by atoms with Crippen molar-refractivity contribution >= 4 is 5.91 Å². The molecule has 0 aliphatic carbocycles. The molecule has 66 heavy (non-hydrogen) atoms. The average molecular weight is 922 g/mol. The summed E-state index contributed by atoms with van der Waals surface area (Å²) in [6, 6.07) is -0.844. The number of hydrogen-bond acceptors (Lipinski definition) is 8. The molecule has 0 aromatic heterocycles. The Labute approximate surface area is 402 Å². The molecule has 0 aromatic rings. The predicted octanol–water partition coefficient (Wildman–Crippen LogP) is 12.2. The minimum atomic E-state index is -1.58. The molecule has 1 heterocycles. The quantitative estimate of drug-likeness (QED) is 0.0262. The molecule has 376 valence electrons. The molecule has 1 amide bonds. The number of unbranched alkanes of at least 4 members (excludes halogenated alkanes) is 16. The summed E-state index contributed by atoms with van der Waals surface area (Å²) in [6.45, 7) is 3.61. The van der Waals surface area contributed by atoms with Gasteiger partial charge < -0.3 is 40.3 Å². The van der Waals surface area contributed by atoms with Crippen molar-refractivity contribution in [2.24, 2.45) is 0 Å². The maximum absolute atomic E-state index is 13.0. The van der Waals surface area contributed by atoms with Gasteiger partial charge in [-0.2, -0.15) is 0 Å². The highest BCUT2D eigenvalue weighted by molar-refractivity contribution is 5.76. The third-order valence-electron chi connectivity index (χ3n) is 11.6. The Balaban J connectivity index is 2.34. The number of aliphatic hydroxyl groups is 5. The molecule has 1 fully saturated rings. The van der Waals surface area contributed by atoms with Crippen LogP contribution in [0.2, 0.25) is 0 Å². The highest BCUT2D eigenvalue weighted by atomic mass is 16.7. The molecule has 9 heteroatoms. The Morgan fingerprint density at radius 3 is 1.45 bits per heavy atom. The summed E-state index contributed by atoms with van der Waals surface area (Å²) in [5.74, 6) is -0.211. The largest absolute Gasteiger partial charge is 0.394 e. The summed E-state index contributed by atoms with van der Waals surface area (Å²) in [4.78, 5) is 13.0. The van der Waals surface area contributed by atoms with Gasteiger partial charge in [-0.25, -0.2) is 0 Å². The predicted molar refractivity (Wildman–Crippen MR) is 276 cm³/mol. The summed E-state index contributed by atoms with van der Waals surface area (Å²) < 4.78 is 11.2. The molecule has 0 bridgehead atoms.